The minimum atomic E-state index is -3.75. The van der Waals surface area contributed by atoms with Crippen molar-refractivity contribution >= 4 is 66.5 Å². The van der Waals surface area contributed by atoms with Crippen LogP contribution in [0.15, 0.2) is 76.4 Å². The average molecular weight is 498 g/mol. The van der Waals surface area contributed by atoms with Gasteiger partial charge in [0.25, 0.3) is 10.0 Å². The molecular formula is C20H15N7O3S3. The predicted molar refractivity (Wildman–Crippen MR) is 127 cm³/mol. The normalized spacial score (nSPS) is 11.6. The summed E-state index contributed by atoms with van der Waals surface area (Å²) in [6.45, 7) is 0. The number of carbonyl (C=O) groups is 1. The highest BCUT2D eigenvalue weighted by Crippen LogP contribution is 2.25. The number of nitrogens with zero attached hydrogens (tertiary/aromatic N) is 5. The number of nitrogens with one attached hydrogen (secondary N) is 2. The van der Waals surface area contributed by atoms with E-state index in [-0.39, 0.29) is 21.7 Å². The lowest BCUT2D eigenvalue weighted by atomic mass is 10.3. The van der Waals surface area contributed by atoms with Gasteiger partial charge in [-0.05, 0) is 36.4 Å². The van der Waals surface area contributed by atoms with Gasteiger partial charge in [0.05, 0.1) is 21.7 Å². The monoisotopic (exact) mass is 497 g/mol. The van der Waals surface area contributed by atoms with Crippen LogP contribution >= 0.6 is 23.1 Å². The van der Waals surface area contributed by atoms with E-state index in [2.05, 4.69) is 30.2 Å². The molecule has 0 atom stereocenters. The van der Waals surface area contributed by atoms with E-state index in [0.29, 0.717) is 16.4 Å². The molecule has 0 fully saturated rings. The van der Waals surface area contributed by atoms with Gasteiger partial charge in [-0.2, -0.15) is 0 Å². The van der Waals surface area contributed by atoms with Crippen LogP contribution in [0.4, 0.5) is 10.8 Å². The van der Waals surface area contributed by atoms with Crippen LogP contribution in [0.2, 0.25) is 0 Å². The first kappa shape index (κ1) is 21.3. The number of fused-ring (bicyclic) bond motifs is 3. The van der Waals surface area contributed by atoms with Gasteiger partial charge in [-0.25, -0.2) is 18.4 Å². The van der Waals surface area contributed by atoms with Gasteiger partial charge in [-0.1, -0.05) is 23.9 Å². The van der Waals surface area contributed by atoms with Crippen molar-refractivity contribution in [2.24, 2.45) is 0 Å². The third-order valence-electron chi connectivity index (χ3n) is 4.54. The molecule has 33 heavy (non-hydrogen) atoms. The van der Waals surface area contributed by atoms with E-state index >= 15 is 0 Å². The van der Waals surface area contributed by atoms with Crippen LogP contribution in [-0.4, -0.2) is 44.6 Å². The molecule has 0 aliphatic heterocycles. The highest BCUT2D eigenvalue weighted by Gasteiger charge is 2.16. The van der Waals surface area contributed by atoms with Crippen molar-refractivity contribution in [2.45, 2.75) is 9.92 Å². The Morgan fingerprint density at radius 2 is 1.94 bits per heavy atom. The lowest BCUT2D eigenvalue weighted by Gasteiger charge is -2.08. The van der Waals surface area contributed by atoms with Crippen molar-refractivity contribution in [1.29, 1.82) is 0 Å². The second kappa shape index (κ2) is 8.77. The summed E-state index contributed by atoms with van der Waals surface area (Å²) in [5.41, 5.74) is 2.71. The van der Waals surface area contributed by atoms with Crippen LogP contribution < -0.4 is 10.0 Å². The van der Waals surface area contributed by atoms with Gasteiger partial charge in [0.2, 0.25) is 5.91 Å². The summed E-state index contributed by atoms with van der Waals surface area (Å²) in [4.78, 5) is 21.1. The highest BCUT2D eigenvalue weighted by molar-refractivity contribution is 8.00. The van der Waals surface area contributed by atoms with E-state index in [1.807, 2.05) is 28.7 Å². The van der Waals surface area contributed by atoms with Crippen molar-refractivity contribution < 1.29 is 13.2 Å². The van der Waals surface area contributed by atoms with E-state index in [4.69, 9.17) is 0 Å². The molecule has 166 valence electrons. The molecule has 5 rings (SSSR count). The molecule has 2 N–H and O–H groups in total. The summed E-state index contributed by atoms with van der Waals surface area (Å²) in [6, 6.07) is 13.5. The first-order valence-electron chi connectivity index (χ1n) is 9.53. The molecular weight excluding hydrogens is 482 g/mol. The molecule has 0 aliphatic carbocycles. The lowest BCUT2D eigenvalue weighted by Crippen LogP contribution is -2.15. The summed E-state index contributed by atoms with van der Waals surface area (Å²) in [6.07, 6.45) is 3.13. The number of para-hydroxylation sites is 2. The quantitative estimate of drug-likeness (QED) is 0.328. The zero-order valence-electron chi connectivity index (χ0n) is 16.7. The molecule has 0 aliphatic rings. The minimum absolute atomic E-state index is 0.0691. The lowest BCUT2D eigenvalue weighted by molar-refractivity contribution is -0.113. The van der Waals surface area contributed by atoms with Crippen molar-refractivity contribution in [3.8, 4) is 0 Å². The third kappa shape index (κ3) is 4.51. The zero-order valence-corrected chi connectivity index (χ0v) is 19.2. The Morgan fingerprint density at radius 3 is 2.73 bits per heavy atom. The van der Waals surface area contributed by atoms with Crippen LogP contribution in [0.25, 0.3) is 16.7 Å². The second-order valence-electron chi connectivity index (χ2n) is 6.73. The standard InChI is InChI=1S/C20H15N7O3S3/c28-17(11-32-19-18-25-22-12-27(18)16-4-2-1-3-15(16)24-19)23-13-5-7-14(8-6-13)33(29,30)26-20-21-9-10-31-20/h1-10,12H,11H2,(H,21,26)(H,23,28). The number of carbonyl (C=O) groups excluding carboxylic acids is 1. The fraction of sp³-hybridized carbons (Fsp3) is 0.0500. The minimum Gasteiger partial charge on any atom is -0.325 e. The van der Waals surface area contributed by atoms with Crippen molar-refractivity contribution in [3.05, 3.63) is 66.4 Å². The molecule has 0 unspecified atom stereocenters. The summed E-state index contributed by atoms with van der Waals surface area (Å²) in [5.74, 6) is -0.163. The molecule has 3 heterocycles. The van der Waals surface area contributed by atoms with Crippen molar-refractivity contribution in [1.82, 2.24) is 24.6 Å². The van der Waals surface area contributed by atoms with Crippen LogP contribution in [-0.2, 0) is 14.8 Å². The molecule has 0 bridgehead atoms. The number of benzene rings is 2. The maximum absolute atomic E-state index is 12.5. The summed E-state index contributed by atoms with van der Waals surface area (Å²) < 4.78 is 29.1. The number of sulfonamides is 1. The Balaban J connectivity index is 1.26. The molecule has 13 heteroatoms. The topological polar surface area (TPSA) is 131 Å². The molecule has 1 amide bonds. The van der Waals surface area contributed by atoms with E-state index in [1.54, 1.807) is 11.7 Å². The number of amides is 1. The van der Waals surface area contributed by atoms with E-state index in [0.717, 1.165) is 11.0 Å². The summed E-state index contributed by atoms with van der Waals surface area (Å²) >= 11 is 2.43. The van der Waals surface area contributed by atoms with Crippen LogP contribution in [0.5, 0.6) is 0 Å². The van der Waals surface area contributed by atoms with Crippen LogP contribution in [0.3, 0.4) is 0 Å². The zero-order chi connectivity index (χ0) is 22.8. The smallest absolute Gasteiger partial charge is 0.263 e. The van der Waals surface area contributed by atoms with E-state index in [1.165, 1.54) is 53.6 Å². The van der Waals surface area contributed by atoms with E-state index in [9.17, 15) is 13.2 Å². The molecule has 5 aromatic rings. The number of hydrogen-bond acceptors (Lipinski definition) is 9. The Kier molecular flexibility index (Phi) is 5.66. The largest absolute Gasteiger partial charge is 0.325 e. The predicted octanol–water partition coefficient (Wildman–Crippen LogP) is 3.27. The fourth-order valence-electron chi connectivity index (χ4n) is 3.07. The highest BCUT2D eigenvalue weighted by atomic mass is 32.2. The van der Waals surface area contributed by atoms with Crippen molar-refractivity contribution in [3.63, 3.8) is 0 Å². The number of rotatable bonds is 7. The Bertz CT molecular complexity index is 1550. The SMILES string of the molecule is O=C(CSc1nc2ccccc2n2cnnc12)Nc1ccc(S(=O)(=O)Nc2nccs2)cc1. The average Bonchev–Trinajstić information content (AvgIpc) is 3.50. The molecule has 2 aromatic carbocycles. The van der Waals surface area contributed by atoms with Gasteiger partial charge in [-0.3, -0.25) is 13.9 Å². The molecule has 0 spiro atoms. The Labute approximate surface area is 196 Å². The molecule has 10 nitrogen and oxygen atoms in total. The van der Waals surface area contributed by atoms with E-state index < -0.39 is 10.0 Å². The number of thiazole rings is 1. The van der Waals surface area contributed by atoms with Crippen molar-refractivity contribution in [2.75, 3.05) is 15.8 Å². The third-order valence-corrected chi connectivity index (χ3v) is 7.67. The Morgan fingerprint density at radius 1 is 1.12 bits per heavy atom. The number of hydrogen-bond donors (Lipinski definition) is 2. The molecule has 0 saturated heterocycles. The maximum atomic E-state index is 12.5. The van der Waals surface area contributed by atoms with Gasteiger partial charge in [0.15, 0.2) is 10.8 Å². The van der Waals surface area contributed by atoms with Gasteiger partial charge < -0.3 is 5.32 Å². The second-order valence-corrected chi connectivity index (χ2v) is 10.3. The number of anilines is 2. The maximum Gasteiger partial charge on any atom is 0.263 e. The fourth-order valence-corrected chi connectivity index (χ4v) is 5.63. The molecule has 3 aromatic heterocycles. The first-order chi connectivity index (χ1) is 16.0. The summed E-state index contributed by atoms with van der Waals surface area (Å²) in [5, 5.41) is 13.4. The Hall–Kier alpha value is -3.55. The molecule has 0 radical (unpaired) electrons. The van der Waals surface area contributed by atoms with Gasteiger partial charge in [-0.15, -0.1) is 21.5 Å². The first-order valence-corrected chi connectivity index (χ1v) is 12.9. The van der Waals surface area contributed by atoms with Gasteiger partial charge >= 0.3 is 0 Å². The van der Waals surface area contributed by atoms with Gasteiger partial charge in [0.1, 0.15) is 11.4 Å². The number of aromatic nitrogens is 5. The van der Waals surface area contributed by atoms with Gasteiger partial charge in [0, 0.05) is 17.3 Å². The van der Waals surface area contributed by atoms with Crippen LogP contribution in [0.1, 0.15) is 0 Å². The van der Waals surface area contributed by atoms with Crippen LogP contribution in [0, 0.1) is 0 Å². The summed E-state index contributed by atoms with van der Waals surface area (Å²) in [7, 11) is -3.75. The molecule has 0 saturated carbocycles. The number of thioether (sulfide) groups is 1.